The summed E-state index contributed by atoms with van der Waals surface area (Å²) in [7, 11) is 0. The summed E-state index contributed by atoms with van der Waals surface area (Å²) >= 11 is 0. The summed E-state index contributed by atoms with van der Waals surface area (Å²) in [6, 6.07) is 12.2. The highest BCUT2D eigenvalue weighted by atomic mass is 19.1. The van der Waals surface area contributed by atoms with E-state index in [9.17, 15) is 14.0 Å². The molecular weight excluding hydrogens is 309 g/mol. The lowest BCUT2D eigenvalue weighted by Gasteiger charge is -2.25. The summed E-state index contributed by atoms with van der Waals surface area (Å²) in [4.78, 5) is 25.4. The Morgan fingerprint density at radius 3 is 2.38 bits per heavy atom. The third-order valence-electron chi connectivity index (χ3n) is 4.17. The van der Waals surface area contributed by atoms with E-state index in [0.29, 0.717) is 17.8 Å². The Labute approximate surface area is 139 Å². The molecule has 5 nitrogen and oxygen atoms in total. The molecule has 0 aliphatic carbocycles. The van der Waals surface area contributed by atoms with Gasteiger partial charge in [-0.15, -0.1) is 0 Å². The largest absolute Gasteiger partial charge is 0.351 e. The summed E-state index contributed by atoms with van der Waals surface area (Å²) in [5.41, 5.74) is 7.08. The highest BCUT2D eigenvalue weighted by Gasteiger charge is 2.30. The number of carbonyl (C=O) groups excluding carboxylic acids is 2. The molecule has 1 heterocycles. The van der Waals surface area contributed by atoms with E-state index in [4.69, 9.17) is 5.73 Å². The maximum absolute atomic E-state index is 13.1. The Hall–Kier alpha value is -2.89. The van der Waals surface area contributed by atoms with E-state index in [0.717, 1.165) is 18.4 Å². The fraction of sp³-hybridized carbons (Fsp3) is 0.222. The van der Waals surface area contributed by atoms with E-state index in [1.165, 1.54) is 12.1 Å². The van der Waals surface area contributed by atoms with Gasteiger partial charge in [0, 0.05) is 17.8 Å². The highest BCUT2D eigenvalue weighted by Crippen LogP contribution is 2.33. The van der Waals surface area contributed by atoms with Gasteiger partial charge < -0.3 is 16.0 Å². The molecule has 3 N–H and O–H groups in total. The van der Waals surface area contributed by atoms with Crippen LogP contribution < -0.4 is 11.1 Å². The molecule has 1 aliphatic heterocycles. The summed E-state index contributed by atoms with van der Waals surface area (Å²) in [5, 5.41) is 2.46. The average Bonchev–Trinajstić information content (AvgIpc) is 3.04. The third-order valence-corrected chi connectivity index (χ3v) is 4.17. The summed E-state index contributed by atoms with van der Waals surface area (Å²) < 4.78 is 13.1. The number of hydrogen-bond donors (Lipinski definition) is 2. The Bertz CT molecular complexity index is 744. The fourth-order valence-electron chi connectivity index (χ4n) is 3.05. The maximum atomic E-state index is 13.1. The Morgan fingerprint density at radius 2 is 1.75 bits per heavy atom. The minimum Gasteiger partial charge on any atom is -0.351 e. The van der Waals surface area contributed by atoms with Crippen molar-refractivity contribution in [2.75, 3.05) is 11.9 Å². The third kappa shape index (κ3) is 3.37. The van der Waals surface area contributed by atoms with Crippen molar-refractivity contribution in [1.82, 2.24) is 4.90 Å². The van der Waals surface area contributed by atoms with Crippen LogP contribution in [0, 0.1) is 5.82 Å². The van der Waals surface area contributed by atoms with Gasteiger partial charge in [-0.1, -0.05) is 12.1 Å². The molecule has 3 rings (SSSR count). The van der Waals surface area contributed by atoms with Crippen molar-refractivity contribution in [2.45, 2.75) is 18.9 Å². The Kier molecular flexibility index (Phi) is 4.46. The molecule has 3 amide bonds. The number of nitrogens with one attached hydrogen (secondary N) is 1. The van der Waals surface area contributed by atoms with Gasteiger partial charge >= 0.3 is 6.03 Å². The Balaban J connectivity index is 1.78. The maximum Gasteiger partial charge on any atom is 0.316 e. The second-order valence-corrected chi connectivity index (χ2v) is 5.77. The van der Waals surface area contributed by atoms with Crippen LogP contribution in [0.4, 0.5) is 14.9 Å². The van der Waals surface area contributed by atoms with E-state index in [-0.39, 0.29) is 17.8 Å². The lowest BCUT2D eigenvalue weighted by atomic mass is 10.0. The van der Waals surface area contributed by atoms with Gasteiger partial charge in [0.25, 0.3) is 5.91 Å². The molecule has 6 heteroatoms. The first-order valence-electron chi connectivity index (χ1n) is 7.77. The van der Waals surface area contributed by atoms with E-state index < -0.39 is 6.03 Å². The number of nitrogens with two attached hydrogens (primary N) is 1. The Morgan fingerprint density at radius 1 is 1.08 bits per heavy atom. The van der Waals surface area contributed by atoms with Crippen LogP contribution in [0.25, 0.3) is 0 Å². The van der Waals surface area contributed by atoms with E-state index in [1.807, 2.05) is 4.90 Å². The number of anilines is 1. The molecule has 1 aliphatic rings. The number of urea groups is 1. The number of primary amides is 1. The topological polar surface area (TPSA) is 75.4 Å². The van der Waals surface area contributed by atoms with Crippen molar-refractivity contribution < 1.29 is 14.0 Å². The second-order valence-electron chi connectivity index (χ2n) is 5.77. The number of halogens is 1. The minimum absolute atomic E-state index is 0.0403. The number of rotatable bonds is 3. The molecule has 0 spiro atoms. The zero-order valence-corrected chi connectivity index (χ0v) is 13.0. The normalized spacial score (nSPS) is 16.9. The number of hydrogen-bond acceptors (Lipinski definition) is 2. The first kappa shape index (κ1) is 16.0. The van der Waals surface area contributed by atoms with Crippen LogP contribution in [-0.4, -0.2) is 23.4 Å². The van der Waals surface area contributed by atoms with Gasteiger partial charge in [0.05, 0.1) is 6.04 Å². The van der Waals surface area contributed by atoms with Gasteiger partial charge in [-0.3, -0.25) is 4.79 Å². The first-order chi connectivity index (χ1) is 11.5. The molecule has 1 fully saturated rings. The summed E-state index contributed by atoms with van der Waals surface area (Å²) in [6.45, 7) is 0.669. The SMILES string of the molecule is NC(=O)Nc1ccc(C(=O)N2CCCC2c2ccc(F)cc2)cc1. The van der Waals surface area contributed by atoms with Gasteiger partial charge in [0.15, 0.2) is 0 Å². The number of amides is 3. The molecule has 124 valence electrons. The van der Waals surface area contributed by atoms with Crippen LogP contribution in [0.3, 0.4) is 0 Å². The lowest BCUT2D eigenvalue weighted by molar-refractivity contribution is 0.0735. The zero-order chi connectivity index (χ0) is 17.1. The van der Waals surface area contributed by atoms with E-state index in [2.05, 4.69) is 5.32 Å². The van der Waals surface area contributed by atoms with Crippen LogP contribution in [0.5, 0.6) is 0 Å². The molecule has 1 atom stereocenters. The first-order valence-corrected chi connectivity index (χ1v) is 7.77. The number of benzene rings is 2. The van der Waals surface area contributed by atoms with Gasteiger partial charge in [0.1, 0.15) is 5.82 Å². The van der Waals surface area contributed by atoms with Crippen LogP contribution in [-0.2, 0) is 0 Å². The van der Waals surface area contributed by atoms with Gasteiger partial charge in [0.2, 0.25) is 0 Å². The van der Waals surface area contributed by atoms with Crippen LogP contribution in [0.15, 0.2) is 48.5 Å². The van der Waals surface area contributed by atoms with Crippen LogP contribution >= 0.6 is 0 Å². The number of likely N-dealkylation sites (tertiary alicyclic amines) is 1. The fourth-order valence-corrected chi connectivity index (χ4v) is 3.05. The predicted molar refractivity (Wildman–Crippen MR) is 89.1 cm³/mol. The highest BCUT2D eigenvalue weighted by molar-refractivity contribution is 5.95. The van der Waals surface area contributed by atoms with Crippen molar-refractivity contribution in [2.24, 2.45) is 5.73 Å². The molecule has 0 saturated carbocycles. The lowest BCUT2D eigenvalue weighted by Crippen LogP contribution is -2.30. The van der Waals surface area contributed by atoms with E-state index >= 15 is 0 Å². The van der Waals surface area contributed by atoms with Crippen molar-refractivity contribution in [3.8, 4) is 0 Å². The van der Waals surface area contributed by atoms with Crippen LogP contribution in [0.1, 0.15) is 34.8 Å². The van der Waals surface area contributed by atoms with Crippen LogP contribution in [0.2, 0.25) is 0 Å². The molecule has 1 unspecified atom stereocenters. The standard InChI is InChI=1S/C18H18FN3O2/c19-14-7-3-12(4-8-14)16-2-1-11-22(16)17(23)13-5-9-15(10-6-13)21-18(20)24/h3-10,16H,1-2,11H2,(H3,20,21,24). The van der Waals surface area contributed by atoms with Crippen molar-refractivity contribution >= 4 is 17.6 Å². The molecule has 0 radical (unpaired) electrons. The van der Waals surface area contributed by atoms with Gasteiger partial charge in [-0.2, -0.15) is 0 Å². The molecule has 0 bridgehead atoms. The van der Waals surface area contributed by atoms with Crippen molar-refractivity contribution in [3.05, 3.63) is 65.5 Å². The molecular formula is C18H18FN3O2. The average molecular weight is 327 g/mol. The molecule has 24 heavy (non-hydrogen) atoms. The van der Waals surface area contributed by atoms with Gasteiger partial charge in [-0.05, 0) is 54.8 Å². The quantitative estimate of drug-likeness (QED) is 0.907. The summed E-state index contributed by atoms with van der Waals surface area (Å²) in [6.07, 6.45) is 1.77. The minimum atomic E-state index is -0.648. The number of nitrogens with zero attached hydrogens (tertiary/aromatic N) is 1. The molecule has 0 aromatic heterocycles. The predicted octanol–water partition coefficient (Wildman–Crippen LogP) is 3.29. The van der Waals surface area contributed by atoms with Gasteiger partial charge in [-0.25, -0.2) is 9.18 Å². The molecule has 2 aromatic carbocycles. The second kappa shape index (κ2) is 6.70. The summed E-state index contributed by atoms with van der Waals surface area (Å²) in [5.74, 6) is -0.361. The monoisotopic (exact) mass is 327 g/mol. The van der Waals surface area contributed by atoms with E-state index in [1.54, 1.807) is 36.4 Å². The van der Waals surface area contributed by atoms with Crippen molar-refractivity contribution in [1.29, 1.82) is 0 Å². The number of carbonyl (C=O) groups is 2. The smallest absolute Gasteiger partial charge is 0.316 e. The van der Waals surface area contributed by atoms with Crippen molar-refractivity contribution in [3.63, 3.8) is 0 Å². The molecule has 2 aromatic rings. The molecule has 1 saturated heterocycles. The zero-order valence-electron chi connectivity index (χ0n) is 13.0.